The summed E-state index contributed by atoms with van der Waals surface area (Å²) in [6, 6.07) is 2.53. The van der Waals surface area contributed by atoms with Crippen LogP contribution in [-0.4, -0.2) is 6.04 Å². The Morgan fingerprint density at radius 1 is 1.50 bits per heavy atom. The zero-order chi connectivity index (χ0) is 8.97. The highest BCUT2D eigenvalue weighted by Crippen LogP contribution is 2.15. The second kappa shape index (κ2) is 4.63. The van der Waals surface area contributed by atoms with Gasteiger partial charge >= 0.3 is 0 Å². The molecule has 12 heavy (non-hydrogen) atoms. The highest BCUT2D eigenvalue weighted by molar-refractivity contribution is 7.07. The molecule has 0 aromatic carbocycles. The maximum atomic E-state index is 5.72. The van der Waals surface area contributed by atoms with Crippen LogP contribution in [0, 0.1) is 5.92 Å². The third kappa shape index (κ3) is 3.37. The molecule has 0 saturated heterocycles. The number of thiophene rings is 1. The molecular formula is C10H17NS. The predicted octanol–water partition coefficient (Wildman–Crippen LogP) is 2.66. The van der Waals surface area contributed by atoms with Gasteiger partial charge in [0.2, 0.25) is 0 Å². The SMILES string of the molecule is CC(N)CC(C)Cc1ccsc1. The Morgan fingerprint density at radius 2 is 2.25 bits per heavy atom. The Bertz CT molecular complexity index is 204. The molecule has 1 aromatic heterocycles. The van der Waals surface area contributed by atoms with E-state index in [1.807, 2.05) is 0 Å². The lowest BCUT2D eigenvalue weighted by molar-refractivity contribution is 0.480. The van der Waals surface area contributed by atoms with Gasteiger partial charge in [-0.05, 0) is 48.1 Å². The van der Waals surface area contributed by atoms with Crippen LogP contribution in [-0.2, 0) is 6.42 Å². The lowest BCUT2D eigenvalue weighted by Gasteiger charge is -2.12. The molecule has 0 saturated carbocycles. The van der Waals surface area contributed by atoms with Gasteiger partial charge in [-0.25, -0.2) is 0 Å². The van der Waals surface area contributed by atoms with E-state index in [-0.39, 0.29) is 0 Å². The molecule has 0 radical (unpaired) electrons. The summed E-state index contributed by atoms with van der Waals surface area (Å²) < 4.78 is 0. The third-order valence-electron chi connectivity index (χ3n) is 1.94. The van der Waals surface area contributed by atoms with Gasteiger partial charge in [0.1, 0.15) is 0 Å². The van der Waals surface area contributed by atoms with Crippen molar-refractivity contribution < 1.29 is 0 Å². The number of hydrogen-bond donors (Lipinski definition) is 1. The summed E-state index contributed by atoms with van der Waals surface area (Å²) >= 11 is 1.77. The van der Waals surface area contributed by atoms with Gasteiger partial charge in [0.15, 0.2) is 0 Å². The van der Waals surface area contributed by atoms with E-state index >= 15 is 0 Å². The van der Waals surface area contributed by atoms with Crippen molar-refractivity contribution in [1.29, 1.82) is 0 Å². The molecule has 0 fully saturated rings. The third-order valence-corrected chi connectivity index (χ3v) is 2.67. The summed E-state index contributed by atoms with van der Waals surface area (Å²) in [5, 5.41) is 4.35. The number of hydrogen-bond acceptors (Lipinski definition) is 2. The fourth-order valence-electron chi connectivity index (χ4n) is 1.53. The van der Waals surface area contributed by atoms with Crippen molar-refractivity contribution in [3.63, 3.8) is 0 Å². The lowest BCUT2D eigenvalue weighted by Crippen LogP contribution is -2.19. The maximum Gasteiger partial charge on any atom is 0.00131 e. The van der Waals surface area contributed by atoms with Crippen molar-refractivity contribution in [1.82, 2.24) is 0 Å². The van der Waals surface area contributed by atoms with Crippen LogP contribution in [0.4, 0.5) is 0 Å². The first-order valence-corrected chi connectivity index (χ1v) is 5.39. The van der Waals surface area contributed by atoms with Gasteiger partial charge in [-0.2, -0.15) is 11.3 Å². The fraction of sp³-hybridized carbons (Fsp3) is 0.600. The largest absolute Gasteiger partial charge is 0.328 e. The number of nitrogens with two attached hydrogens (primary N) is 1. The van der Waals surface area contributed by atoms with E-state index in [4.69, 9.17) is 5.73 Å². The highest BCUT2D eigenvalue weighted by atomic mass is 32.1. The smallest absolute Gasteiger partial charge is 0.00131 e. The second-order valence-corrected chi connectivity index (χ2v) is 4.43. The molecule has 2 heteroatoms. The van der Waals surface area contributed by atoms with Gasteiger partial charge in [-0.3, -0.25) is 0 Å². The Kier molecular flexibility index (Phi) is 3.76. The van der Waals surface area contributed by atoms with E-state index in [0.717, 1.165) is 6.42 Å². The van der Waals surface area contributed by atoms with Crippen LogP contribution in [0.5, 0.6) is 0 Å². The molecule has 2 unspecified atom stereocenters. The molecule has 2 atom stereocenters. The fourth-order valence-corrected chi connectivity index (χ4v) is 2.21. The van der Waals surface area contributed by atoms with Gasteiger partial charge in [-0.15, -0.1) is 0 Å². The Hall–Kier alpha value is -0.340. The molecule has 1 nitrogen and oxygen atoms in total. The van der Waals surface area contributed by atoms with Crippen molar-refractivity contribution in [2.24, 2.45) is 11.7 Å². The topological polar surface area (TPSA) is 26.0 Å². The molecule has 0 bridgehead atoms. The van der Waals surface area contributed by atoms with Crippen molar-refractivity contribution in [3.8, 4) is 0 Å². The molecule has 1 aromatic rings. The molecule has 0 amide bonds. The average Bonchev–Trinajstić information content (AvgIpc) is 2.37. The summed E-state index contributed by atoms with van der Waals surface area (Å²) in [6.45, 7) is 4.34. The van der Waals surface area contributed by atoms with Gasteiger partial charge in [-0.1, -0.05) is 6.92 Å². The molecule has 0 aliphatic heterocycles. The molecule has 1 rings (SSSR count). The quantitative estimate of drug-likeness (QED) is 0.763. The van der Waals surface area contributed by atoms with Crippen LogP contribution in [0.2, 0.25) is 0 Å². The first-order valence-electron chi connectivity index (χ1n) is 4.45. The first-order chi connectivity index (χ1) is 5.68. The van der Waals surface area contributed by atoms with Crippen molar-refractivity contribution >= 4 is 11.3 Å². The normalized spacial score (nSPS) is 15.9. The van der Waals surface area contributed by atoms with Crippen LogP contribution in [0.25, 0.3) is 0 Å². The second-order valence-electron chi connectivity index (χ2n) is 3.65. The summed E-state index contributed by atoms with van der Waals surface area (Å²) in [5.41, 5.74) is 7.18. The summed E-state index contributed by atoms with van der Waals surface area (Å²) in [6.07, 6.45) is 2.29. The summed E-state index contributed by atoms with van der Waals surface area (Å²) in [5.74, 6) is 0.708. The zero-order valence-corrected chi connectivity index (χ0v) is 8.60. The van der Waals surface area contributed by atoms with E-state index in [1.54, 1.807) is 11.3 Å². The minimum Gasteiger partial charge on any atom is -0.328 e. The number of rotatable bonds is 4. The van der Waals surface area contributed by atoms with E-state index in [2.05, 4.69) is 30.7 Å². The summed E-state index contributed by atoms with van der Waals surface area (Å²) in [7, 11) is 0. The zero-order valence-electron chi connectivity index (χ0n) is 7.79. The van der Waals surface area contributed by atoms with E-state index in [1.165, 1.54) is 12.0 Å². The predicted molar refractivity (Wildman–Crippen MR) is 55.5 cm³/mol. The van der Waals surface area contributed by atoms with Gasteiger partial charge in [0.25, 0.3) is 0 Å². The van der Waals surface area contributed by atoms with Crippen molar-refractivity contribution in [2.75, 3.05) is 0 Å². The van der Waals surface area contributed by atoms with Crippen molar-refractivity contribution in [2.45, 2.75) is 32.7 Å². The Morgan fingerprint density at radius 3 is 2.75 bits per heavy atom. The van der Waals surface area contributed by atoms with E-state index in [0.29, 0.717) is 12.0 Å². The van der Waals surface area contributed by atoms with Crippen LogP contribution in [0.15, 0.2) is 16.8 Å². The molecule has 0 aliphatic carbocycles. The Labute approximate surface area is 78.6 Å². The van der Waals surface area contributed by atoms with E-state index < -0.39 is 0 Å². The van der Waals surface area contributed by atoms with Crippen molar-refractivity contribution in [3.05, 3.63) is 22.4 Å². The lowest BCUT2D eigenvalue weighted by atomic mass is 9.97. The van der Waals surface area contributed by atoms with Gasteiger partial charge in [0, 0.05) is 6.04 Å². The molecule has 2 N–H and O–H groups in total. The van der Waals surface area contributed by atoms with Crippen LogP contribution in [0.1, 0.15) is 25.8 Å². The first kappa shape index (κ1) is 9.75. The molecule has 0 aliphatic rings. The molecular weight excluding hydrogens is 166 g/mol. The standard InChI is InChI=1S/C10H17NS/c1-8(5-9(2)11)6-10-3-4-12-7-10/h3-4,7-9H,5-6,11H2,1-2H3. The van der Waals surface area contributed by atoms with Crippen LogP contribution in [0.3, 0.4) is 0 Å². The average molecular weight is 183 g/mol. The monoisotopic (exact) mass is 183 g/mol. The van der Waals surface area contributed by atoms with Gasteiger partial charge < -0.3 is 5.73 Å². The highest BCUT2D eigenvalue weighted by Gasteiger charge is 2.06. The van der Waals surface area contributed by atoms with Crippen LogP contribution < -0.4 is 5.73 Å². The Balaban J connectivity index is 2.32. The van der Waals surface area contributed by atoms with Gasteiger partial charge in [0.05, 0.1) is 0 Å². The minimum absolute atomic E-state index is 0.332. The van der Waals surface area contributed by atoms with E-state index in [9.17, 15) is 0 Å². The summed E-state index contributed by atoms with van der Waals surface area (Å²) in [4.78, 5) is 0. The molecule has 0 spiro atoms. The van der Waals surface area contributed by atoms with Crippen LogP contribution >= 0.6 is 11.3 Å². The molecule has 1 heterocycles. The maximum absolute atomic E-state index is 5.72. The minimum atomic E-state index is 0.332. The molecule has 68 valence electrons.